The van der Waals surface area contributed by atoms with Gasteiger partial charge in [-0.25, -0.2) is 4.39 Å². The van der Waals surface area contributed by atoms with Gasteiger partial charge in [0, 0.05) is 0 Å². The fourth-order valence-corrected chi connectivity index (χ4v) is 1.10. The van der Waals surface area contributed by atoms with E-state index in [0.29, 0.717) is 11.1 Å². The molecule has 0 unspecified atom stereocenters. The number of aliphatic carboxylic acids is 1. The van der Waals surface area contributed by atoms with Crippen molar-refractivity contribution in [3.63, 3.8) is 0 Å². The molecule has 0 aromatic heterocycles. The van der Waals surface area contributed by atoms with E-state index in [1.165, 1.54) is 6.07 Å². The molecule has 1 atom stereocenters. The van der Waals surface area contributed by atoms with E-state index in [0.717, 1.165) is 0 Å². The molecular formula is C10H12FNO2. The van der Waals surface area contributed by atoms with Crippen LogP contribution in [0.5, 0.6) is 0 Å². The predicted octanol–water partition coefficient (Wildman–Crippen LogP) is 1.09. The molecule has 0 aliphatic heterocycles. The molecule has 4 heteroatoms. The monoisotopic (exact) mass is 197 g/mol. The topological polar surface area (TPSA) is 63.3 Å². The van der Waals surface area contributed by atoms with Crippen LogP contribution in [-0.4, -0.2) is 17.1 Å². The van der Waals surface area contributed by atoms with Gasteiger partial charge in [-0.1, -0.05) is 12.1 Å². The number of carboxylic acid groups (broad SMARTS) is 1. The Hall–Kier alpha value is -1.42. The lowest BCUT2D eigenvalue weighted by molar-refractivity contribution is -0.138. The fraction of sp³-hybridized carbons (Fsp3) is 0.300. The first kappa shape index (κ1) is 10.7. The molecule has 0 saturated carbocycles. The Morgan fingerprint density at radius 3 is 2.79 bits per heavy atom. The van der Waals surface area contributed by atoms with Gasteiger partial charge >= 0.3 is 5.97 Å². The zero-order valence-corrected chi connectivity index (χ0v) is 7.83. The zero-order chi connectivity index (χ0) is 10.7. The van der Waals surface area contributed by atoms with Gasteiger partial charge in [-0.15, -0.1) is 0 Å². The van der Waals surface area contributed by atoms with Crippen LogP contribution in [0.15, 0.2) is 18.2 Å². The molecule has 0 aliphatic carbocycles. The van der Waals surface area contributed by atoms with Crippen molar-refractivity contribution in [1.82, 2.24) is 0 Å². The van der Waals surface area contributed by atoms with E-state index in [1.54, 1.807) is 19.1 Å². The van der Waals surface area contributed by atoms with Crippen LogP contribution >= 0.6 is 0 Å². The highest BCUT2D eigenvalue weighted by Gasteiger charge is 2.12. The molecule has 1 aromatic carbocycles. The third kappa shape index (κ3) is 2.53. The SMILES string of the molecule is Cc1ccc(C[C@H](N)C(=O)O)cc1F. The summed E-state index contributed by atoms with van der Waals surface area (Å²) in [5.74, 6) is -1.41. The Labute approximate surface area is 81.4 Å². The van der Waals surface area contributed by atoms with E-state index in [2.05, 4.69) is 0 Å². The third-order valence-electron chi connectivity index (χ3n) is 2.01. The maximum Gasteiger partial charge on any atom is 0.320 e. The van der Waals surface area contributed by atoms with E-state index in [4.69, 9.17) is 10.8 Å². The number of benzene rings is 1. The fourth-order valence-electron chi connectivity index (χ4n) is 1.10. The molecule has 3 N–H and O–H groups in total. The minimum atomic E-state index is -1.08. The number of rotatable bonds is 3. The van der Waals surface area contributed by atoms with Crippen LogP contribution in [-0.2, 0) is 11.2 Å². The lowest BCUT2D eigenvalue weighted by atomic mass is 10.0. The second kappa shape index (κ2) is 4.19. The van der Waals surface area contributed by atoms with E-state index in [1.807, 2.05) is 0 Å². The van der Waals surface area contributed by atoms with Gasteiger partial charge in [-0.05, 0) is 30.5 Å². The van der Waals surface area contributed by atoms with Crippen molar-refractivity contribution < 1.29 is 14.3 Å². The Kier molecular flexibility index (Phi) is 3.19. The van der Waals surface area contributed by atoms with Crippen LogP contribution in [0.4, 0.5) is 4.39 Å². The minimum Gasteiger partial charge on any atom is -0.480 e. The average molecular weight is 197 g/mol. The Morgan fingerprint density at radius 1 is 1.64 bits per heavy atom. The van der Waals surface area contributed by atoms with E-state index >= 15 is 0 Å². The minimum absolute atomic E-state index is 0.145. The molecule has 1 rings (SSSR count). The normalized spacial score (nSPS) is 12.5. The van der Waals surface area contributed by atoms with E-state index < -0.39 is 12.0 Å². The van der Waals surface area contributed by atoms with Crippen LogP contribution in [0.25, 0.3) is 0 Å². The van der Waals surface area contributed by atoms with Crippen molar-refractivity contribution in [1.29, 1.82) is 0 Å². The zero-order valence-electron chi connectivity index (χ0n) is 7.83. The van der Waals surface area contributed by atoms with Gasteiger partial charge in [-0.2, -0.15) is 0 Å². The lowest BCUT2D eigenvalue weighted by Gasteiger charge is -2.06. The van der Waals surface area contributed by atoms with Crippen molar-refractivity contribution in [2.24, 2.45) is 5.73 Å². The van der Waals surface area contributed by atoms with Gasteiger partial charge in [0.1, 0.15) is 11.9 Å². The van der Waals surface area contributed by atoms with Gasteiger partial charge < -0.3 is 10.8 Å². The summed E-state index contributed by atoms with van der Waals surface area (Å²) in [7, 11) is 0. The highest BCUT2D eigenvalue weighted by atomic mass is 19.1. The summed E-state index contributed by atoms with van der Waals surface area (Å²) >= 11 is 0. The largest absolute Gasteiger partial charge is 0.480 e. The predicted molar refractivity (Wildman–Crippen MR) is 50.5 cm³/mol. The molecule has 0 amide bonds. The standard InChI is InChI=1S/C10H12FNO2/c1-6-2-3-7(4-8(6)11)5-9(12)10(13)14/h2-4,9H,5,12H2,1H3,(H,13,14)/t9-/m0/s1. The van der Waals surface area contributed by atoms with Crippen molar-refractivity contribution in [2.45, 2.75) is 19.4 Å². The molecule has 0 spiro atoms. The van der Waals surface area contributed by atoms with Crippen molar-refractivity contribution >= 4 is 5.97 Å². The molecule has 3 nitrogen and oxygen atoms in total. The van der Waals surface area contributed by atoms with Crippen LogP contribution < -0.4 is 5.73 Å². The molecule has 0 radical (unpaired) electrons. The maximum atomic E-state index is 13.0. The number of nitrogens with two attached hydrogens (primary N) is 1. The molecule has 14 heavy (non-hydrogen) atoms. The van der Waals surface area contributed by atoms with Gasteiger partial charge in [0.25, 0.3) is 0 Å². The van der Waals surface area contributed by atoms with Crippen LogP contribution in [0, 0.1) is 12.7 Å². The first-order valence-corrected chi connectivity index (χ1v) is 4.24. The smallest absolute Gasteiger partial charge is 0.320 e. The van der Waals surface area contributed by atoms with Crippen molar-refractivity contribution in [3.05, 3.63) is 35.1 Å². The van der Waals surface area contributed by atoms with E-state index in [9.17, 15) is 9.18 Å². The van der Waals surface area contributed by atoms with Gasteiger partial charge in [0.2, 0.25) is 0 Å². The summed E-state index contributed by atoms with van der Waals surface area (Å²) in [4.78, 5) is 10.4. The highest BCUT2D eigenvalue weighted by molar-refractivity contribution is 5.73. The van der Waals surface area contributed by atoms with Gasteiger partial charge in [0.05, 0.1) is 0 Å². The molecule has 1 aromatic rings. The number of hydrogen-bond donors (Lipinski definition) is 2. The Bertz CT molecular complexity index is 352. The summed E-state index contributed by atoms with van der Waals surface area (Å²) in [6.07, 6.45) is 0.145. The van der Waals surface area contributed by atoms with Crippen LogP contribution in [0.2, 0.25) is 0 Å². The number of carboxylic acids is 1. The number of carbonyl (C=O) groups is 1. The molecule has 76 valence electrons. The van der Waals surface area contributed by atoms with Crippen LogP contribution in [0.3, 0.4) is 0 Å². The quantitative estimate of drug-likeness (QED) is 0.762. The second-order valence-corrected chi connectivity index (χ2v) is 3.23. The summed E-state index contributed by atoms with van der Waals surface area (Å²) < 4.78 is 13.0. The second-order valence-electron chi connectivity index (χ2n) is 3.23. The Morgan fingerprint density at radius 2 is 2.29 bits per heavy atom. The van der Waals surface area contributed by atoms with Gasteiger partial charge in [-0.3, -0.25) is 4.79 Å². The third-order valence-corrected chi connectivity index (χ3v) is 2.01. The molecular weight excluding hydrogens is 185 g/mol. The Balaban J connectivity index is 2.78. The molecule has 0 heterocycles. The number of hydrogen-bond acceptors (Lipinski definition) is 2. The first-order chi connectivity index (χ1) is 6.50. The summed E-state index contributed by atoms with van der Waals surface area (Å²) in [5, 5.41) is 8.55. The summed E-state index contributed by atoms with van der Waals surface area (Å²) in [5.41, 5.74) is 6.45. The van der Waals surface area contributed by atoms with E-state index in [-0.39, 0.29) is 12.2 Å². The van der Waals surface area contributed by atoms with Crippen LogP contribution in [0.1, 0.15) is 11.1 Å². The lowest BCUT2D eigenvalue weighted by Crippen LogP contribution is -2.32. The molecule has 0 fully saturated rings. The van der Waals surface area contributed by atoms with Gasteiger partial charge in [0.15, 0.2) is 0 Å². The molecule has 0 aliphatic rings. The first-order valence-electron chi connectivity index (χ1n) is 4.24. The number of halogens is 1. The molecule has 0 bridgehead atoms. The average Bonchev–Trinajstić information content (AvgIpc) is 2.11. The van der Waals surface area contributed by atoms with Crippen molar-refractivity contribution in [2.75, 3.05) is 0 Å². The molecule has 0 saturated heterocycles. The van der Waals surface area contributed by atoms with Crippen molar-refractivity contribution in [3.8, 4) is 0 Å². The highest BCUT2D eigenvalue weighted by Crippen LogP contribution is 2.10. The summed E-state index contributed by atoms with van der Waals surface area (Å²) in [6, 6.07) is 3.63. The number of aryl methyl sites for hydroxylation is 1. The summed E-state index contributed by atoms with van der Waals surface area (Å²) in [6.45, 7) is 1.65. The maximum absolute atomic E-state index is 13.0.